The standard InChI is InChI=1S/C16H20FNO4/c1-16(2,3)22-15(20)18-12(6-8-14(18)19)10-5-7-13(21-4)11(17)9-10/h5,7,9,12H,6,8H2,1-4H3. The van der Waals surface area contributed by atoms with E-state index in [1.165, 1.54) is 19.2 Å². The van der Waals surface area contributed by atoms with Gasteiger partial charge in [0.05, 0.1) is 13.2 Å². The zero-order chi connectivity index (χ0) is 16.5. The molecule has 1 unspecified atom stereocenters. The lowest BCUT2D eigenvalue weighted by atomic mass is 10.0. The minimum absolute atomic E-state index is 0.122. The number of halogens is 1. The van der Waals surface area contributed by atoms with Crippen molar-refractivity contribution in [2.75, 3.05) is 7.11 Å². The van der Waals surface area contributed by atoms with E-state index in [1.807, 2.05) is 0 Å². The first-order valence-corrected chi connectivity index (χ1v) is 7.11. The van der Waals surface area contributed by atoms with Crippen molar-refractivity contribution in [1.82, 2.24) is 4.90 Å². The zero-order valence-electron chi connectivity index (χ0n) is 13.2. The van der Waals surface area contributed by atoms with Gasteiger partial charge in [-0.05, 0) is 44.9 Å². The zero-order valence-corrected chi connectivity index (χ0v) is 13.2. The van der Waals surface area contributed by atoms with E-state index in [4.69, 9.17) is 9.47 Å². The van der Waals surface area contributed by atoms with Crippen molar-refractivity contribution in [1.29, 1.82) is 0 Å². The number of carbonyl (C=O) groups excluding carboxylic acids is 2. The predicted octanol–water partition coefficient (Wildman–Crippen LogP) is 3.43. The third-order valence-electron chi connectivity index (χ3n) is 3.36. The van der Waals surface area contributed by atoms with Gasteiger partial charge in [0.2, 0.25) is 5.91 Å². The van der Waals surface area contributed by atoms with Crippen molar-refractivity contribution in [2.24, 2.45) is 0 Å². The van der Waals surface area contributed by atoms with Gasteiger partial charge in [0.25, 0.3) is 0 Å². The molecular formula is C16H20FNO4. The largest absolute Gasteiger partial charge is 0.494 e. The fraction of sp³-hybridized carbons (Fsp3) is 0.500. The molecule has 2 rings (SSSR count). The average Bonchev–Trinajstić information content (AvgIpc) is 2.78. The second-order valence-corrected chi connectivity index (χ2v) is 6.19. The molecule has 1 atom stereocenters. The van der Waals surface area contributed by atoms with E-state index in [2.05, 4.69) is 0 Å². The van der Waals surface area contributed by atoms with Crippen LogP contribution in [0.3, 0.4) is 0 Å². The van der Waals surface area contributed by atoms with Gasteiger partial charge in [-0.1, -0.05) is 6.07 Å². The van der Waals surface area contributed by atoms with E-state index in [-0.39, 0.29) is 18.1 Å². The third kappa shape index (κ3) is 3.37. The molecule has 120 valence electrons. The molecule has 0 spiro atoms. The molecule has 22 heavy (non-hydrogen) atoms. The maximum absolute atomic E-state index is 13.9. The van der Waals surface area contributed by atoms with Crippen molar-refractivity contribution < 1.29 is 23.5 Å². The molecule has 1 aliphatic rings. The number of hydrogen-bond donors (Lipinski definition) is 0. The fourth-order valence-corrected chi connectivity index (χ4v) is 2.43. The Labute approximate surface area is 129 Å². The molecule has 2 amide bonds. The number of amides is 2. The van der Waals surface area contributed by atoms with Crippen LogP contribution in [0.2, 0.25) is 0 Å². The molecule has 5 nitrogen and oxygen atoms in total. The number of ether oxygens (including phenoxy) is 2. The maximum atomic E-state index is 13.9. The molecule has 0 aromatic heterocycles. The number of nitrogens with zero attached hydrogens (tertiary/aromatic N) is 1. The van der Waals surface area contributed by atoms with Crippen molar-refractivity contribution in [3.8, 4) is 5.75 Å². The summed E-state index contributed by atoms with van der Waals surface area (Å²) in [6.07, 6.45) is -0.0160. The summed E-state index contributed by atoms with van der Waals surface area (Å²) in [4.78, 5) is 25.3. The second-order valence-electron chi connectivity index (χ2n) is 6.19. The Balaban J connectivity index is 2.27. The monoisotopic (exact) mass is 309 g/mol. The van der Waals surface area contributed by atoms with E-state index >= 15 is 0 Å². The summed E-state index contributed by atoms with van der Waals surface area (Å²) in [5.74, 6) is -0.712. The Morgan fingerprint density at radius 2 is 2.05 bits per heavy atom. The van der Waals surface area contributed by atoms with Crippen LogP contribution >= 0.6 is 0 Å². The van der Waals surface area contributed by atoms with Crippen molar-refractivity contribution >= 4 is 12.0 Å². The number of hydrogen-bond acceptors (Lipinski definition) is 4. The lowest BCUT2D eigenvalue weighted by molar-refractivity contribution is -0.128. The average molecular weight is 309 g/mol. The van der Waals surface area contributed by atoms with Crippen LogP contribution in [0.25, 0.3) is 0 Å². The van der Waals surface area contributed by atoms with Crippen molar-refractivity contribution in [2.45, 2.75) is 45.3 Å². The molecule has 0 saturated carbocycles. The van der Waals surface area contributed by atoms with Gasteiger partial charge < -0.3 is 9.47 Å². The quantitative estimate of drug-likeness (QED) is 0.840. The highest BCUT2D eigenvalue weighted by molar-refractivity contribution is 5.94. The molecule has 6 heteroatoms. The van der Waals surface area contributed by atoms with Crippen molar-refractivity contribution in [3.05, 3.63) is 29.6 Å². The molecule has 1 aliphatic heterocycles. The van der Waals surface area contributed by atoms with Crippen molar-refractivity contribution in [3.63, 3.8) is 0 Å². The number of benzene rings is 1. The molecule has 0 bridgehead atoms. The van der Waals surface area contributed by atoms with Gasteiger partial charge in [0, 0.05) is 6.42 Å². The summed E-state index contributed by atoms with van der Waals surface area (Å²) >= 11 is 0. The summed E-state index contributed by atoms with van der Waals surface area (Å²) in [6, 6.07) is 3.92. The number of carbonyl (C=O) groups is 2. The van der Waals surface area contributed by atoms with Crippen LogP contribution in [0.1, 0.15) is 45.2 Å². The topological polar surface area (TPSA) is 55.8 Å². The van der Waals surface area contributed by atoms with Gasteiger partial charge in [0.15, 0.2) is 11.6 Å². The smallest absolute Gasteiger partial charge is 0.417 e. The normalized spacial score (nSPS) is 18.5. The van der Waals surface area contributed by atoms with Gasteiger partial charge in [0.1, 0.15) is 5.60 Å². The Morgan fingerprint density at radius 1 is 1.36 bits per heavy atom. The number of methoxy groups -OCH3 is 1. The fourth-order valence-electron chi connectivity index (χ4n) is 2.43. The molecular weight excluding hydrogens is 289 g/mol. The van der Waals surface area contributed by atoms with Crippen LogP contribution < -0.4 is 4.74 Å². The summed E-state index contributed by atoms with van der Waals surface area (Å²) in [6.45, 7) is 5.19. The first-order chi connectivity index (χ1) is 10.2. The van der Waals surface area contributed by atoms with Gasteiger partial charge in [-0.25, -0.2) is 14.1 Å². The molecule has 0 aliphatic carbocycles. The second kappa shape index (κ2) is 5.94. The lowest BCUT2D eigenvalue weighted by Crippen LogP contribution is -2.38. The van der Waals surface area contributed by atoms with E-state index in [0.29, 0.717) is 12.0 Å². The molecule has 1 aromatic carbocycles. The highest BCUT2D eigenvalue weighted by Gasteiger charge is 2.39. The first kappa shape index (κ1) is 16.3. The number of rotatable bonds is 2. The number of imide groups is 1. The Morgan fingerprint density at radius 3 is 2.59 bits per heavy atom. The highest BCUT2D eigenvalue weighted by Crippen LogP contribution is 2.35. The maximum Gasteiger partial charge on any atom is 0.417 e. The molecule has 0 radical (unpaired) electrons. The Kier molecular flexibility index (Phi) is 4.39. The van der Waals surface area contributed by atoms with Gasteiger partial charge in [-0.15, -0.1) is 0 Å². The molecule has 1 aromatic rings. The summed E-state index contributed by atoms with van der Waals surface area (Å²) in [5, 5.41) is 0. The Bertz CT molecular complexity index is 594. The van der Waals surface area contributed by atoms with Gasteiger partial charge in [-0.2, -0.15) is 0 Å². The summed E-state index contributed by atoms with van der Waals surface area (Å²) < 4.78 is 24.0. The SMILES string of the molecule is COc1ccc(C2CCC(=O)N2C(=O)OC(C)(C)C)cc1F. The lowest BCUT2D eigenvalue weighted by Gasteiger charge is -2.27. The van der Waals surface area contributed by atoms with Crippen LogP contribution in [0, 0.1) is 5.82 Å². The van der Waals surface area contributed by atoms with Crippen LogP contribution in [-0.2, 0) is 9.53 Å². The molecule has 1 heterocycles. The van der Waals surface area contributed by atoms with Gasteiger partial charge in [-0.3, -0.25) is 4.79 Å². The first-order valence-electron chi connectivity index (χ1n) is 7.11. The molecule has 1 fully saturated rings. The minimum atomic E-state index is -0.699. The van der Waals surface area contributed by atoms with Crippen LogP contribution in [0.4, 0.5) is 9.18 Å². The van der Waals surface area contributed by atoms with E-state index in [0.717, 1.165) is 4.90 Å². The van der Waals surface area contributed by atoms with Crippen LogP contribution in [-0.4, -0.2) is 29.6 Å². The summed E-state index contributed by atoms with van der Waals surface area (Å²) in [5.41, 5.74) is -0.148. The predicted molar refractivity (Wildman–Crippen MR) is 78.0 cm³/mol. The Hall–Kier alpha value is -2.11. The summed E-state index contributed by atoms with van der Waals surface area (Å²) in [7, 11) is 1.38. The molecule has 0 N–H and O–H groups in total. The minimum Gasteiger partial charge on any atom is -0.494 e. The third-order valence-corrected chi connectivity index (χ3v) is 3.36. The van der Waals surface area contributed by atoms with Crippen LogP contribution in [0.5, 0.6) is 5.75 Å². The number of likely N-dealkylation sites (tertiary alicyclic amines) is 1. The van der Waals surface area contributed by atoms with E-state index < -0.39 is 23.6 Å². The van der Waals surface area contributed by atoms with E-state index in [1.54, 1.807) is 26.8 Å². The highest BCUT2D eigenvalue weighted by atomic mass is 19.1. The van der Waals surface area contributed by atoms with E-state index in [9.17, 15) is 14.0 Å². The van der Waals surface area contributed by atoms with Gasteiger partial charge >= 0.3 is 6.09 Å². The molecule has 1 saturated heterocycles. The van der Waals surface area contributed by atoms with Crippen LogP contribution in [0.15, 0.2) is 18.2 Å².